The van der Waals surface area contributed by atoms with E-state index in [1.807, 2.05) is 18.2 Å². The molecule has 0 saturated carbocycles. The Labute approximate surface area is 174 Å². The number of fused-ring (bicyclic) bond motifs is 2. The van der Waals surface area contributed by atoms with Gasteiger partial charge in [0.25, 0.3) is 0 Å². The summed E-state index contributed by atoms with van der Waals surface area (Å²) in [4.78, 5) is 12.5. The third kappa shape index (κ3) is 4.23. The number of amides is 1. The van der Waals surface area contributed by atoms with E-state index in [0.29, 0.717) is 28.7 Å². The first kappa shape index (κ1) is 20.1. The Bertz CT molecular complexity index is 1040. The van der Waals surface area contributed by atoms with Gasteiger partial charge >= 0.3 is 0 Å². The molecule has 4 rings (SSSR count). The summed E-state index contributed by atoms with van der Waals surface area (Å²) in [5.41, 5.74) is 0.336. The molecule has 30 heavy (non-hydrogen) atoms. The second-order valence-electron chi connectivity index (χ2n) is 6.75. The summed E-state index contributed by atoms with van der Waals surface area (Å²) < 4.78 is 48.3. The molecule has 160 valence electrons. The van der Waals surface area contributed by atoms with Crippen molar-refractivity contribution >= 4 is 21.6 Å². The zero-order valence-electron chi connectivity index (χ0n) is 16.4. The van der Waals surface area contributed by atoms with Crippen LogP contribution in [0.1, 0.15) is 6.92 Å². The fourth-order valence-corrected chi connectivity index (χ4v) is 4.18. The highest BCUT2D eigenvalue weighted by molar-refractivity contribution is 7.92. The molecule has 10 heteroatoms. The van der Waals surface area contributed by atoms with Gasteiger partial charge in [-0.2, -0.15) is 0 Å². The van der Waals surface area contributed by atoms with Crippen LogP contribution in [0.3, 0.4) is 0 Å². The summed E-state index contributed by atoms with van der Waals surface area (Å²) >= 11 is 0. The molecule has 2 aliphatic heterocycles. The van der Waals surface area contributed by atoms with Crippen molar-refractivity contribution in [3.05, 3.63) is 42.5 Å². The summed E-state index contributed by atoms with van der Waals surface area (Å²) in [6.45, 7) is 1.72. The van der Waals surface area contributed by atoms with Crippen LogP contribution < -0.4 is 28.6 Å². The third-order valence-electron chi connectivity index (χ3n) is 4.73. The number of anilines is 1. The minimum Gasteiger partial charge on any atom is -0.486 e. The number of sulfonamides is 1. The predicted octanol–water partition coefficient (Wildman–Crippen LogP) is 1.53. The molecular formula is C20H22N2O7S. The zero-order chi connectivity index (χ0) is 21.1. The van der Waals surface area contributed by atoms with Gasteiger partial charge < -0.3 is 24.3 Å². The van der Waals surface area contributed by atoms with E-state index < -0.39 is 15.9 Å². The van der Waals surface area contributed by atoms with Crippen LogP contribution in [0.2, 0.25) is 0 Å². The number of benzene rings is 2. The molecule has 2 heterocycles. The first-order valence-electron chi connectivity index (χ1n) is 9.51. The lowest BCUT2D eigenvalue weighted by molar-refractivity contribution is -0.120. The molecule has 1 N–H and O–H groups in total. The summed E-state index contributed by atoms with van der Waals surface area (Å²) in [6.07, 6.45) is -0.370. The van der Waals surface area contributed by atoms with E-state index in [1.165, 1.54) is 6.92 Å². The monoisotopic (exact) mass is 434 g/mol. The molecule has 0 aliphatic carbocycles. The normalized spacial score (nSPS) is 16.8. The van der Waals surface area contributed by atoms with Crippen molar-refractivity contribution in [3.8, 4) is 23.0 Å². The van der Waals surface area contributed by atoms with E-state index in [9.17, 15) is 13.2 Å². The molecule has 2 aromatic carbocycles. The molecule has 1 atom stereocenters. The summed E-state index contributed by atoms with van der Waals surface area (Å²) in [5.74, 6) is 1.64. The van der Waals surface area contributed by atoms with Crippen LogP contribution in [0.25, 0.3) is 0 Å². The first-order chi connectivity index (χ1) is 14.5. The molecule has 0 spiro atoms. The Hall–Kier alpha value is -3.14. The molecule has 1 unspecified atom stereocenters. The maximum Gasteiger partial charge on any atom is 0.240 e. The van der Waals surface area contributed by atoms with E-state index in [0.717, 1.165) is 4.31 Å². The van der Waals surface area contributed by atoms with Crippen molar-refractivity contribution in [1.82, 2.24) is 5.32 Å². The second kappa shape index (κ2) is 8.31. The van der Waals surface area contributed by atoms with Gasteiger partial charge in [0.1, 0.15) is 19.3 Å². The maximum absolute atomic E-state index is 12.6. The third-order valence-corrected chi connectivity index (χ3v) is 6.47. The lowest BCUT2D eigenvalue weighted by Gasteiger charge is -2.27. The molecule has 0 aromatic heterocycles. The van der Waals surface area contributed by atoms with Gasteiger partial charge in [0.2, 0.25) is 22.7 Å². The summed E-state index contributed by atoms with van der Waals surface area (Å²) in [6, 6.07) is 12.0. The number of ether oxygens (including phenoxy) is 4. The second-order valence-corrected chi connectivity index (χ2v) is 8.93. The highest BCUT2D eigenvalue weighted by Crippen LogP contribution is 2.36. The number of nitrogens with zero attached hydrogens (tertiary/aromatic N) is 1. The van der Waals surface area contributed by atoms with Crippen molar-refractivity contribution in [3.63, 3.8) is 0 Å². The van der Waals surface area contributed by atoms with Gasteiger partial charge in [-0.1, -0.05) is 12.1 Å². The SMILES string of the molecule is CCS(=O)(=O)N(CC(=O)NCC1COc2ccccc2O1)c1ccc2c(c1)OCO2. The molecule has 0 saturated heterocycles. The van der Waals surface area contributed by atoms with E-state index in [2.05, 4.69) is 5.32 Å². The van der Waals surface area contributed by atoms with Crippen LogP contribution in [0.5, 0.6) is 23.0 Å². The molecule has 0 radical (unpaired) electrons. The molecule has 0 fully saturated rings. The van der Waals surface area contributed by atoms with Gasteiger partial charge in [0.05, 0.1) is 18.0 Å². The number of para-hydroxylation sites is 2. The van der Waals surface area contributed by atoms with Crippen LogP contribution >= 0.6 is 0 Å². The van der Waals surface area contributed by atoms with Crippen LogP contribution in [-0.2, 0) is 14.8 Å². The molecule has 2 aliphatic rings. The van der Waals surface area contributed by atoms with Crippen molar-refractivity contribution in [2.45, 2.75) is 13.0 Å². The largest absolute Gasteiger partial charge is 0.486 e. The van der Waals surface area contributed by atoms with E-state index in [1.54, 1.807) is 24.3 Å². The minimum atomic E-state index is -3.69. The highest BCUT2D eigenvalue weighted by atomic mass is 32.2. The van der Waals surface area contributed by atoms with Crippen LogP contribution in [-0.4, -0.2) is 52.7 Å². The van der Waals surface area contributed by atoms with Gasteiger partial charge in [0.15, 0.2) is 23.0 Å². The Morgan fingerprint density at radius 3 is 2.60 bits per heavy atom. The van der Waals surface area contributed by atoms with E-state index in [-0.39, 0.29) is 38.3 Å². The predicted molar refractivity (Wildman–Crippen MR) is 109 cm³/mol. The lowest BCUT2D eigenvalue weighted by atomic mass is 10.2. The maximum atomic E-state index is 12.6. The highest BCUT2D eigenvalue weighted by Gasteiger charge is 2.27. The first-order valence-corrected chi connectivity index (χ1v) is 11.1. The fraction of sp³-hybridized carbons (Fsp3) is 0.350. The van der Waals surface area contributed by atoms with Crippen LogP contribution in [0.4, 0.5) is 5.69 Å². The van der Waals surface area contributed by atoms with Crippen molar-refractivity contribution in [1.29, 1.82) is 0 Å². The standard InChI is InChI=1S/C20H22N2O7S/c1-2-30(24,25)22(14-7-8-17-19(9-14)28-13-27-17)11-20(23)21-10-15-12-26-16-5-3-4-6-18(16)29-15/h3-9,15H,2,10-13H2,1H3,(H,21,23). The number of hydrogen-bond acceptors (Lipinski definition) is 7. The van der Waals surface area contributed by atoms with Gasteiger partial charge in [0, 0.05) is 6.07 Å². The topological polar surface area (TPSA) is 103 Å². The number of hydrogen-bond donors (Lipinski definition) is 1. The van der Waals surface area contributed by atoms with E-state index in [4.69, 9.17) is 18.9 Å². The molecule has 2 aromatic rings. The number of rotatable bonds is 7. The smallest absolute Gasteiger partial charge is 0.240 e. The molecular weight excluding hydrogens is 412 g/mol. The Kier molecular flexibility index (Phi) is 5.58. The lowest BCUT2D eigenvalue weighted by Crippen LogP contribution is -2.46. The Morgan fingerprint density at radius 2 is 1.80 bits per heavy atom. The average molecular weight is 434 g/mol. The molecule has 9 nitrogen and oxygen atoms in total. The van der Waals surface area contributed by atoms with Crippen molar-refractivity contribution in [2.24, 2.45) is 0 Å². The minimum absolute atomic E-state index is 0.0758. The number of carbonyl (C=O) groups is 1. The van der Waals surface area contributed by atoms with Crippen LogP contribution in [0, 0.1) is 0 Å². The van der Waals surface area contributed by atoms with E-state index >= 15 is 0 Å². The quantitative estimate of drug-likeness (QED) is 0.705. The Morgan fingerprint density at radius 1 is 1.07 bits per heavy atom. The molecule has 0 bridgehead atoms. The van der Waals surface area contributed by atoms with Gasteiger partial charge in [-0.05, 0) is 31.2 Å². The van der Waals surface area contributed by atoms with Gasteiger partial charge in [-0.25, -0.2) is 8.42 Å². The fourth-order valence-electron chi connectivity index (χ4n) is 3.12. The Balaban J connectivity index is 1.41. The van der Waals surface area contributed by atoms with Gasteiger partial charge in [-0.3, -0.25) is 9.10 Å². The zero-order valence-corrected chi connectivity index (χ0v) is 17.2. The van der Waals surface area contributed by atoms with Crippen molar-refractivity contribution in [2.75, 3.05) is 36.5 Å². The number of nitrogens with one attached hydrogen (secondary N) is 1. The molecule has 1 amide bonds. The summed E-state index contributed by atoms with van der Waals surface area (Å²) in [5, 5.41) is 2.73. The van der Waals surface area contributed by atoms with Crippen molar-refractivity contribution < 1.29 is 32.2 Å². The number of carbonyl (C=O) groups excluding carboxylic acids is 1. The average Bonchev–Trinajstić information content (AvgIpc) is 3.23. The summed E-state index contributed by atoms with van der Waals surface area (Å²) in [7, 11) is -3.69. The van der Waals surface area contributed by atoms with Gasteiger partial charge in [-0.15, -0.1) is 0 Å². The van der Waals surface area contributed by atoms with Crippen LogP contribution in [0.15, 0.2) is 42.5 Å².